The predicted molar refractivity (Wildman–Crippen MR) is 180 cm³/mol. The Bertz CT molecular complexity index is 1880. The van der Waals surface area contributed by atoms with Crippen LogP contribution < -0.4 is 10.6 Å². The molecule has 1 heterocycles. The first-order valence-electron chi connectivity index (χ1n) is 14.3. The number of thioether (sulfide) groups is 1. The molecule has 0 bridgehead atoms. The fourth-order valence-electron chi connectivity index (χ4n) is 4.92. The second kappa shape index (κ2) is 14.2. The largest absolute Gasteiger partial charge is 0.478 e. The molecule has 0 fully saturated rings. The fourth-order valence-corrected chi connectivity index (χ4v) is 6.89. The molecule has 0 saturated carbocycles. The molecule has 3 N–H and O–H groups in total. The summed E-state index contributed by atoms with van der Waals surface area (Å²) in [5.41, 5.74) is 2.66. The minimum absolute atomic E-state index is 0.0482. The maximum atomic E-state index is 13.5. The van der Waals surface area contributed by atoms with Gasteiger partial charge in [0.25, 0.3) is 5.91 Å². The Balaban J connectivity index is 1.34. The molecular formula is C35H30N2O6S2. The van der Waals surface area contributed by atoms with Crippen molar-refractivity contribution in [2.45, 2.75) is 30.4 Å². The zero-order chi connectivity index (χ0) is 31.9. The van der Waals surface area contributed by atoms with Gasteiger partial charge in [0.2, 0.25) is 5.91 Å². The third kappa shape index (κ3) is 7.08. The van der Waals surface area contributed by atoms with Gasteiger partial charge in [0, 0.05) is 32.5 Å². The lowest BCUT2D eigenvalue weighted by Gasteiger charge is -2.16. The number of hydrogen-bond acceptors (Lipinski definition) is 7. The number of aromatic carboxylic acids is 1. The van der Waals surface area contributed by atoms with Crippen LogP contribution in [-0.2, 0) is 9.53 Å². The second-order valence-electron chi connectivity index (χ2n) is 9.94. The predicted octanol–water partition coefficient (Wildman–Crippen LogP) is 8.20. The Labute approximate surface area is 268 Å². The van der Waals surface area contributed by atoms with E-state index in [1.807, 2.05) is 48.7 Å². The molecule has 1 atom stereocenters. The van der Waals surface area contributed by atoms with E-state index >= 15 is 0 Å². The fraction of sp³-hybridized carbons (Fsp3) is 0.143. The quantitative estimate of drug-likeness (QED) is 0.0985. The molecule has 8 nitrogen and oxygen atoms in total. The minimum atomic E-state index is -1.11. The zero-order valence-electron chi connectivity index (χ0n) is 24.5. The van der Waals surface area contributed by atoms with E-state index in [0.29, 0.717) is 39.0 Å². The number of thiophene rings is 1. The number of hydrogen-bond donors (Lipinski definition) is 3. The van der Waals surface area contributed by atoms with Crippen LogP contribution in [0.1, 0.15) is 51.3 Å². The number of carbonyl (C=O) groups excluding carboxylic acids is 3. The van der Waals surface area contributed by atoms with E-state index in [-0.39, 0.29) is 23.6 Å². The lowest BCUT2D eigenvalue weighted by molar-refractivity contribution is -0.115. The van der Waals surface area contributed by atoms with Crippen LogP contribution in [0.25, 0.3) is 21.9 Å². The van der Waals surface area contributed by atoms with Crippen LogP contribution in [0.5, 0.6) is 0 Å². The average molecular weight is 639 g/mol. The molecule has 228 valence electrons. The topological polar surface area (TPSA) is 122 Å². The molecule has 5 aromatic rings. The third-order valence-electron chi connectivity index (χ3n) is 7.01. The van der Waals surface area contributed by atoms with Crippen molar-refractivity contribution < 1.29 is 29.0 Å². The highest BCUT2D eigenvalue weighted by Gasteiger charge is 2.26. The van der Waals surface area contributed by atoms with Gasteiger partial charge in [-0.2, -0.15) is 0 Å². The number of nitrogens with one attached hydrogen (secondary N) is 2. The molecule has 0 aliphatic carbocycles. The molecule has 0 radical (unpaired) electrons. The van der Waals surface area contributed by atoms with Crippen molar-refractivity contribution in [3.63, 3.8) is 0 Å². The summed E-state index contributed by atoms with van der Waals surface area (Å²) >= 11 is 2.61. The number of esters is 1. The summed E-state index contributed by atoms with van der Waals surface area (Å²) in [7, 11) is 0. The summed E-state index contributed by atoms with van der Waals surface area (Å²) in [6.45, 7) is 3.84. The van der Waals surface area contributed by atoms with E-state index < -0.39 is 23.1 Å². The van der Waals surface area contributed by atoms with Gasteiger partial charge in [-0.15, -0.1) is 23.1 Å². The average Bonchev–Trinajstić information content (AvgIpc) is 3.47. The number of fused-ring (bicyclic) bond motifs is 1. The molecule has 45 heavy (non-hydrogen) atoms. The van der Waals surface area contributed by atoms with Gasteiger partial charge in [-0.05, 0) is 54.6 Å². The van der Waals surface area contributed by atoms with E-state index in [4.69, 9.17) is 4.74 Å². The molecule has 1 unspecified atom stereocenters. The van der Waals surface area contributed by atoms with Crippen molar-refractivity contribution in [1.29, 1.82) is 0 Å². The van der Waals surface area contributed by atoms with Gasteiger partial charge in [-0.25, -0.2) is 9.59 Å². The van der Waals surface area contributed by atoms with E-state index in [9.17, 15) is 24.3 Å². The van der Waals surface area contributed by atoms with Crippen molar-refractivity contribution >= 4 is 68.3 Å². The number of carboxylic acids is 1. The normalized spacial score (nSPS) is 11.5. The van der Waals surface area contributed by atoms with Gasteiger partial charge >= 0.3 is 11.9 Å². The van der Waals surface area contributed by atoms with Crippen LogP contribution in [0.3, 0.4) is 0 Å². The maximum absolute atomic E-state index is 13.5. The third-order valence-corrected chi connectivity index (χ3v) is 9.26. The number of anilines is 2. The Kier molecular flexibility index (Phi) is 9.96. The number of carboxylic acid groups (broad SMARTS) is 1. The molecule has 10 heteroatoms. The number of carbonyl (C=O) groups is 4. The van der Waals surface area contributed by atoms with Gasteiger partial charge in [0.15, 0.2) is 0 Å². The molecule has 2 amide bonds. The Morgan fingerprint density at radius 3 is 2.27 bits per heavy atom. The number of ether oxygens (including phenoxy) is 1. The SMILES string of the molecule is CCOC(=O)c1c(-c2ccccc2)csc1NC(=O)C(CC)Sc1cccc(NC(=O)c2cccc3cccc(C(=O)O)c23)c1. The monoisotopic (exact) mass is 638 g/mol. The zero-order valence-corrected chi connectivity index (χ0v) is 26.2. The van der Waals surface area contributed by atoms with E-state index in [1.165, 1.54) is 29.2 Å². The van der Waals surface area contributed by atoms with Crippen LogP contribution in [0.2, 0.25) is 0 Å². The van der Waals surface area contributed by atoms with Crippen LogP contribution >= 0.6 is 23.1 Å². The molecule has 1 aromatic heterocycles. The van der Waals surface area contributed by atoms with Gasteiger partial charge in [0.1, 0.15) is 10.6 Å². The standard InChI is InChI=1S/C35H30N2O6S2/c1-3-28(32(39)37-33-30(35(42)43-4-2)27(20-44-33)21-11-6-5-7-12-21)45-24-16-10-15-23(19-24)36-31(38)25-17-8-13-22-14-9-18-26(29(22)25)34(40)41/h5-20,28H,3-4H2,1-2H3,(H,36,38)(H,37,39)(H,40,41). The molecule has 0 spiro atoms. The second-order valence-corrected chi connectivity index (χ2v) is 12.1. The Hall–Kier alpha value is -4.93. The first kappa shape index (κ1) is 31.5. The number of benzene rings is 4. The highest BCUT2D eigenvalue weighted by Crippen LogP contribution is 2.37. The highest BCUT2D eigenvalue weighted by molar-refractivity contribution is 8.00. The summed E-state index contributed by atoms with van der Waals surface area (Å²) in [4.78, 5) is 52.4. The molecule has 0 aliphatic rings. The summed E-state index contributed by atoms with van der Waals surface area (Å²) in [5.74, 6) is -2.32. The highest BCUT2D eigenvalue weighted by atomic mass is 32.2. The molecule has 4 aromatic carbocycles. The van der Waals surface area contributed by atoms with Crippen molar-refractivity contribution in [2.75, 3.05) is 17.2 Å². The molecule has 0 saturated heterocycles. The lowest BCUT2D eigenvalue weighted by Crippen LogP contribution is -2.25. The molecule has 0 aliphatic heterocycles. The summed E-state index contributed by atoms with van der Waals surface area (Å²) < 4.78 is 5.32. The first-order chi connectivity index (χ1) is 21.8. The summed E-state index contributed by atoms with van der Waals surface area (Å²) in [6.07, 6.45) is 0.507. The van der Waals surface area contributed by atoms with E-state index in [0.717, 1.165) is 10.5 Å². The van der Waals surface area contributed by atoms with E-state index in [2.05, 4.69) is 10.6 Å². The van der Waals surface area contributed by atoms with Gasteiger partial charge in [0.05, 0.1) is 17.4 Å². The van der Waals surface area contributed by atoms with Gasteiger partial charge < -0.3 is 20.5 Å². The summed E-state index contributed by atoms with van der Waals surface area (Å²) in [6, 6.07) is 26.5. The van der Waals surface area contributed by atoms with Crippen LogP contribution in [0.4, 0.5) is 10.7 Å². The van der Waals surface area contributed by atoms with Crippen molar-refractivity contribution in [3.05, 3.63) is 113 Å². The van der Waals surface area contributed by atoms with Crippen molar-refractivity contribution in [2.24, 2.45) is 0 Å². The lowest BCUT2D eigenvalue weighted by atomic mass is 9.98. The van der Waals surface area contributed by atoms with Crippen LogP contribution in [-0.4, -0.2) is 40.7 Å². The van der Waals surface area contributed by atoms with Crippen molar-refractivity contribution in [3.8, 4) is 11.1 Å². The van der Waals surface area contributed by atoms with Gasteiger partial charge in [-0.1, -0.05) is 67.6 Å². The van der Waals surface area contributed by atoms with Crippen molar-refractivity contribution in [1.82, 2.24) is 0 Å². The molecule has 5 rings (SSSR count). The van der Waals surface area contributed by atoms with Gasteiger partial charge in [-0.3, -0.25) is 9.59 Å². The summed E-state index contributed by atoms with van der Waals surface area (Å²) in [5, 5.41) is 18.3. The molecular weight excluding hydrogens is 609 g/mol. The van der Waals surface area contributed by atoms with Crippen LogP contribution in [0.15, 0.2) is 101 Å². The smallest absolute Gasteiger partial charge is 0.341 e. The Morgan fingerprint density at radius 2 is 1.58 bits per heavy atom. The van der Waals surface area contributed by atoms with E-state index in [1.54, 1.807) is 55.5 Å². The number of amides is 2. The minimum Gasteiger partial charge on any atom is -0.478 e. The Morgan fingerprint density at radius 1 is 0.867 bits per heavy atom. The first-order valence-corrected chi connectivity index (χ1v) is 16.0. The number of rotatable bonds is 11. The maximum Gasteiger partial charge on any atom is 0.341 e. The van der Waals surface area contributed by atoms with Crippen LogP contribution in [0, 0.1) is 0 Å².